The Morgan fingerprint density at radius 2 is 1.34 bits per heavy atom. The average molecular weight is 399 g/mol. The van der Waals surface area contributed by atoms with Gasteiger partial charge in [-0.3, -0.25) is 4.90 Å². The zero-order valence-corrected chi connectivity index (χ0v) is 18.0. The molecule has 156 valence electrons. The third-order valence-electron chi connectivity index (χ3n) is 6.27. The SMILES string of the molecule is COc1cc2c(cc1OC)C1Cc3cc(OC)c(OC)c(OC)c3CN1C(C)C2. The molecule has 0 saturated carbocycles. The van der Waals surface area contributed by atoms with E-state index in [-0.39, 0.29) is 6.04 Å². The molecule has 29 heavy (non-hydrogen) atoms. The van der Waals surface area contributed by atoms with Crippen molar-refractivity contribution in [2.24, 2.45) is 0 Å². The van der Waals surface area contributed by atoms with Crippen molar-refractivity contribution in [2.75, 3.05) is 35.5 Å². The predicted molar refractivity (Wildman–Crippen MR) is 111 cm³/mol. The van der Waals surface area contributed by atoms with Gasteiger partial charge in [-0.1, -0.05) is 0 Å². The molecule has 2 aromatic rings. The fourth-order valence-electron chi connectivity index (χ4n) is 4.85. The van der Waals surface area contributed by atoms with Crippen LogP contribution in [-0.2, 0) is 19.4 Å². The molecule has 0 bridgehead atoms. The highest BCUT2D eigenvalue weighted by molar-refractivity contribution is 5.61. The Morgan fingerprint density at radius 3 is 1.97 bits per heavy atom. The number of hydrogen-bond donors (Lipinski definition) is 0. The predicted octanol–water partition coefficient (Wildman–Crippen LogP) is 3.77. The number of methoxy groups -OCH3 is 5. The van der Waals surface area contributed by atoms with E-state index in [0.717, 1.165) is 36.6 Å². The van der Waals surface area contributed by atoms with Gasteiger partial charge in [0.25, 0.3) is 0 Å². The van der Waals surface area contributed by atoms with E-state index in [1.54, 1.807) is 35.5 Å². The fourth-order valence-corrected chi connectivity index (χ4v) is 4.85. The summed E-state index contributed by atoms with van der Waals surface area (Å²) in [5.74, 6) is 3.69. The Hall–Kier alpha value is -2.60. The van der Waals surface area contributed by atoms with Crippen molar-refractivity contribution in [1.82, 2.24) is 4.90 Å². The first kappa shape index (κ1) is 19.7. The van der Waals surface area contributed by atoms with E-state index in [2.05, 4.69) is 30.0 Å². The summed E-state index contributed by atoms with van der Waals surface area (Å²) in [6, 6.07) is 7.03. The summed E-state index contributed by atoms with van der Waals surface area (Å²) in [5.41, 5.74) is 5.04. The molecule has 0 aromatic heterocycles. The van der Waals surface area contributed by atoms with Gasteiger partial charge in [-0.2, -0.15) is 0 Å². The van der Waals surface area contributed by atoms with Crippen LogP contribution in [0.1, 0.15) is 35.2 Å². The molecule has 4 rings (SSSR count). The van der Waals surface area contributed by atoms with Crippen molar-refractivity contribution in [3.05, 3.63) is 40.5 Å². The van der Waals surface area contributed by atoms with Crippen molar-refractivity contribution in [3.63, 3.8) is 0 Å². The third kappa shape index (κ3) is 3.06. The number of rotatable bonds is 5. The lowest BCUT2D eigenvalue weighted by Gasteiger charge is -2.46. The normalized spacial score (nSPS) is 20.2. The summed E-state index contributed by atoms with van der Waals surface area (Å²) in [7, 11) is 8.37. The molecule has 0 radical (unpaired) electrons. The molecule has 0 aliphatic carbocycles. The van der Waals surface area contributed by atoms with E-state index >= 15 is 0 Å². The van der Waals surface area contributed by atoms with Gasteiger partial charge in [-0.05, 0) is 54.7 Å². The second kappa shape index (κ2) is 7.67. The highest BCUT2D eigenvalue weighted by Crippen LogP contribution is 2.49. The van der Waals surface area contributed by atoms with Crippen LogP contribution in [0, 0.1) is 0 Å². The molecular formula is C23H29NO5. The van der Waals surface area contributed by atoms with Gasteiger partial charge in [0.1, 0.15) is 0 Å². The van der Waals surface area contributed by atoms with Crippen LogP contribution in [0.4, 0.5) is 0 Å². The van der Waals surface area contributed by atoms with Gasteiger partial charge in [-0.25, -0.2) is 0 Å². The Kier molecular flexibility index (Phi) is 5.21. The lowest BCUT2D eigenvalue weighted by Crippen LogP contribution is -2.45. The molecule has 2 heterocycles. The van der Waals surface area contributed by atoms with E-state index in [0.29, 0.717) is 17.5 Å². The quantitative estimate of drug-likeness (QED) is 0.763. The summed E-state index contributed by atoms with van der Waals surface area (Å²) in [6.45, 7) is 3.09. The second-order valence-corrected chi connectivity index (χ2v) is 7.63. The molecule has 0 saturated heterocycles. The van der Waals surface area contributed by atoms with Crippen LogP contribution in [0.25, 0.3) is 0 Å². The van der Waals surface area contributed by atoms with Gasteiger partial charge >= 0.3 is 0 Å². The third-order valence-corrected chi connectivity index (χ3v) is 6.27. The highest BCUT2D eigenvalue weighted by atomic mass is 16.5. The standard InChI is InChI=1S/C23H29NO5/c1-13-7-14-9-19(25-2)20(26-3)11-16(14)18-8-15-10-21(27-4)23(29-6)22(28-5)17(15)12-24(13)18/h9-11,13,18H,7-8,12H2,1-6H3. The van der Waals surface area contributed by atoms with Crippen LogP contribution >= 0.6 is 0 Å². The monoisotopic (exact) mass is 399 g/mol. The average Bonchev–Trinajstić information content (AvgIpc) is 2.75. The molecule has 2 aliphatic rings. The maximum atomic E-state index is 5.76. The van der Waals surface area contributed by atoms with Crippen LogP contribution in [0.3, 0.4) is 0 Å². The zero-order valence-electron chi connectivity index (χ0n) is 18.0. The summed E-state index contributed by atoms with van der Waals surface area (Å²) < 4.78 is 28.1. The van der Waals surface area contributed by atoms with Crippen molar-refractivity contribution >= 4 is 0 Å². The van der Waals surface area contributed by atoms with Crippen LogP contribution in [0.15, 0.2) is 18.2 Å². The van der Waals surface area contributed by atoms with Gasteiger partial charge in [-0.15, -0.1) is 0 Å². The molecule has 6 heteroatoms. The van der Waals surface area contributed by atoms with Crippen LogP contribution in [0.2, 0.25) is 0 Å². The first-order valence-electron chi connectivity index (χ1n) is 9.87. The fraction of sp³-hybridized carbons (Fsp3) is 0.478. The molecule has 2 atom stereocenters. The summed E-state index contributed by atoms with van der Waals surface area (Å²) >= 11 is 0. The summed E-state index contributed by atoms with van der Waals surface area (Å²) in [5, 5.41) is 0. The van der Waals surface area contributed by atoms with Crippen molar-refractivity contribution in [2.45, 2.75) is 38.4 Å². The number of nitrogens with zero attached hydrogens (tertiary/aromatic N) is 1. The molecule has 2 aromatic carbocycles. The van der Waals surface area contributed by atoms with E-state index in [9.17, 15) is 0 Å². The minimum atomic E-state index is 0.267. The minimum Gasteiger partial charge on any atom is -0.493 e. The van der Waals surface area contributed by atoms with Gasteiger partial charge in [0.15, 0.2) is 23.0 Å². The Labute approximate surface area is 172 Å². The topological polar surface area (TPSA) is 49.4 Å². The molecule has 0 amide bonds. The van der Waals surface area contributed by atoms with Crippen molar-refractivity contribution < 1.29 is 23.7 Å². The lowest BCUT2D eigenvalue weighted by atomic mass is 9.81. The summed E-state index contributed by atoms with van der Waals surface area (Å²) in [4.78, 5) is 2.55. The van der Waals surface area contributed by atoms with E-state index < -0.39 is 0 Å². The van der Waals surface area contributed by atoms with E-state index in [4.69, 9.17) is 23.7 Å². The molecular weight excluding hydrogens is 370 g/mol. The van der Waals surface area contributed by atoms with Gasteiger partial charge in [0, 0.05) is 24.2 Å². The Morgan fingerprint density at radius 1 is 0.724 bits per heavy atom. The maximum absolute atomic E-state index is 5.76. The molecule has 0 fully saturated rings. The van der Waals surface area contributed by atoms with E-state index in [1.807, 2.05) is 0 Å². The Balaban J connectivity index is 1.84. The molecule has 0 spiro atoms. The molecule has 6 nitrogen and oxygen atoms in total. The first-order valence-corrected chi connectivity index (χ1v) is 9.87. The number of hydrogen-bond acceptors (Lipinski definition) is 6. The molecule has 2 unspecified atom stereocenters. The van der Waals surface area contributed by atoms with Crippen LogP contribution in [-0.4, -0.2) is 46.5 Å². The van der Waals surface area contributed by atoms with E-state index in [1.165, 1.54) is 22.3 Å². The zero-order chi connectivity index (χ0) is 20.7. The summed E-state index contributed by atoms with van der Waals surface area (Å²) in [6.07, 6.45) is 1.84. The number of benzene rings is 2. The van der Waals surface area contributed by atoms with Gasteiger partial charge in [0.05, 0.1) is 35.5 Å². The smallest absolute Gasteiger partial charge is 0.203 e. The van der Waals surface area contributed by atoms with Gasteiger partial charge < -0.3 is 23.7 Å². The highest BCUT2D eigenvalue weighted by Gasteiger charge is 2.39. The van der Waals surface area contributed by atoms with Crippen molar-refractivity contribution in [3.8, 4) is 28.7 Å². The number of ether oxygens (including phenoxy) is 5. The van der Waals surface area contributed by atoms with Gasteiger partial charge in [0.2, 0.25) is 5.75 Å². The largest absolute Gasteiger partial charge is 0.493 e. The first-order chi connectivity index (χ1) is 14.1. The van der Waals surface area contributed by atoms with Crippen molar-refractivity contribution in [1.29, 1.82) is 0 Å². The van der Waals surface area contributed by atoms with Crippen LogP contribution in [0.5, 0.6) is 28.7 Å². The number of fused-ring (bicyclic) bond motifs is 4. The Bertz CT molecular complexity index is 926. The lowest BCUT2D eigenvalue weighted by molar-refractivity contribution is 0.103. The second-order valence-electron chi connectivity index (χ2n) is 7.63. The minimum absolute atomic E-state index is 0.267. The molecule has 0 N–H and O–H groups in total. The molecule has 2 aliphatic heterocycles. The van der Waals surface area contributed by atoms with Crippen LogP contribution < -0.4 is 23.7 Å². The maximum Gasteiger partial charge on any atom is 0.203 e.